The summed E-state index contributed by atoms with van der Waals surface area (Å²) in [6.45, 7) is 0.209. The summed E-state index contributed by atoms with van der Waals surface area (Å²) in [6.07, 6.45) is 0.0874. The van der Waals surface area contributed by atoms with Crippen molar-refractivity contribution < 1.29 is 17.6 Å². The van der Waals surface area contributed by atoms with E-state index in [0.29, 0.717) is 5.69 Å². The molecule has 1 saturated heterocycles. The van der Waals surface area contributed by atoms with Crippen LogP contribution in [0.25, 0.3) is 0 Å². The molecule has 0 radical (unpaired) electrons. The fraction of sp³-hybridized carbons (Fsp3) is 0.364. The zero-order valence-corrected chi connectivity index (χ0v) is 11.4. The number of halogens is 2. The van der Waals surface area contributed by atoms with Crippen LogP contribution in [-0.4, -0.2) is 26.6 Å². The van der Waals surface area contributed by atoms with Crippen LogP contribution in [0.5, 0.6) is 0 Å². The smallest absolute Gasteiger partial charge is 0.227 e. The van der Waals surface area contributed by atoms with Gasteiger partial charge in [0, 0.05) is 18.9 Å². The summed E-state index contributed by atoms with van der Waals surface area (Å²) in [5.74, 6) is -1.37. The minimum absolute atomic E-state index is 0.0874. The predicted octanol–water partition coefficient (Wildman–Crippen LogP) is 1.12. The molecule has 8 heteroatoms. The number of hydrogen-bond donors (Lipinski definition) is 1. The van der Waals surface area contributed by atoms with Crippen LogP contribution in [0.1, 0.15) is 6.42 Å². The van der Waals surface area contributed by atoms with Gasteiger partial charge in [-0.2, -0.15) is 0 Å². The summed E-state index contributed by atoms with van der Waals surface area (Å²) in [4.78, 5) is 13.2. The molecule has 1 aliphatic heterocycles. The van der Waals surface area contributed by atoms with Crippen molar-refractivity contribution in [2.24, 2.45) is 11.1 Å². The Morgan fingerprint density at radius 3 is 2.74 bits per heavy atom. The summed E-state index contributed by atoms with van der Waals surface area (Å²) in [5, 5.41) is 5.08. The second-order valence-corrected chi connectivity index (χ2v) is 6.57. The molecule has 1 amide bonds. The maximum Gasteiger partial charge on any atom is 0.227 e. The zero-order valence-electron chi connectivity index (χ0n) is 9.84. The Labute approximate surface area is 115 Å². The average molecular weight is 307 g/mol. The Balaban J connectivity index is 2.20. The van der Waals surface area contributed by atoms with E-state index >= 15 is 0 Å². The van der Waals surface area contributed by atoms with E-state index in [9.17, 15) is 17.6 Å². The van der Waals surface area contributed by atoms with E-state index in [1.165, 1.54) is 17.0 Å². The molecule has 0 spiro atoms. The van der Waals surface area contributed by atoms with Crippen molar-refractivity contribution in [2.45, 2.75) is 6.42 Å². The van der Waals surface area contributed by atoms with Crippen molar-refractivity contribution in [1.29, 1.82) is 0 Å². The Morgan fingerprint density at radius 2 is 2.16 bits per heavy atom. The molecule has 1 heterocycles. The average Bonchev–Trinajstić information content (AvgIpc) is 2.56. The molecule has 0 saturated carbocycles. The topological polar surface area (TPSA) is 80.5 Å². The van der Waals surface area contributed by atoms with E-state index in [-0.39, 0.29) is 35.6 Å². The quantitative estimate of drug-likeness (QED) is 0.908. The van der Waals surface area contributed by atoms with Crippen molar-refractivity contribution in [3.63, 3.8) is 0 Å². The number of nitrogens with two attached hydrogens (primary N) is 1. The first-order chi connectivity index (χ1) is 8.76. The van der Waals surface area contributed by atoms with E-state index < -0.39 is 15.8 Å². The van der Waals surface area contributed by atoms with Gasteiger partial charge in [-0.05, 0) is 18.2 Å². The van der Waals surface area contributed by atoms with E-state index in [0.717, 1.165) is 6.07 Å². The molecular weight excluding hydrogens is 295 g/mol. The zero-order chi connectivity index (χ0) is 14.2. The highest BCUT2D eigenvalue weighted by Crippen LogP contribution is 2.31. The SMILES string of the molecule is NS(=O)(=O)CC1CC(=O)N(c2ccc(F)cc2Cl)C1. The van der Waals surface area contributed by atoms with Gasteiger partial charge in [-0.15, -0.1) is 0 Å². The minimum atomic E-state index is -3.63. The van der Waals surface area contributed by atoms with Crippen molar-refractivity contribution in [3.8, 4) is 0 Å². The second-order valence-electron chi connectivity index (χ2n) is 4.50. The number of hydrogen-bond acceptors (Lipinski definition) is 3. The normalized spacial score (nSPS) is 20.1. The van der Waals surface area contributed by atoms with Crippen LogP contribution < -0.4 is 10.0 Å². The molecule has 0 aliphatic carbocycles. The maximum absolute atomic E-state index is 12.9. The van der Waals surface area contributed by atoms with E-state index in [1.807, 2.05) is 0 Å². The molecule has 0 aromatic heterocycles. The molecule has 1 fully saturated rings. The van der Waals surface area contributed by atoms with Crippen molar-refractivity contribution in [3.05, 3.63) is 29.0 Å². The first-order valence-corrected chi connectivity index (χ1v) is 7.61. The van der Waals surface area contributed by atoms with Crippen LogP contribution in [-0.2, 0) is 14.8 Å². The lowest BCUT2D eigenvalue weighted by Crippen LogP contribution is -2.27. The standard InChI is InChI=1S/C11H12ClFN2O3S/c12-9-4-8(13)1-2-10(9)15-5-7(3-11(15)16)6-19(14,17)18/h1-2,4,7H,3,5-6H2,(H2,14,17,18). The number of nitrogens with zero attached hydrogens (tertiary/aromatic N) is 1. The molecule has 1 aliphatic rings. The van der Waals surface area contributed by atoms with Crippen LogP contribution >= 0.6 is 11.6 Å². The summed E-state index contributed by atoms with van der Waals surface area (Å²) in [7, 11) is -3.63. The lowest BCUT2D eigenvalue weighted by molar-refractivity contribution is -0.117. The molecule has 1 unspecified atom stereocenters. The van der Waals surface area contributed by atoms with Gasteiger partial charge in [0.2, 0.25) is 15.9 Å². The van der Waals surface area contributed by atoms with Gasteiger partial charge in [0.25, 0.3) is 0 Å². The first kappa shape index (κ1) is 14.2. The third-order valence-electron chi connectivity index (χ3n) is 2.87. The molecule has 104 valence electrons. The van der Waals surface area contributed by atoms with Crippen LogP contribution in [0.3, 0.4) is 0 Å². The van der Waals surface area contributed by atoms with Gasteiger partial charge in [0.1, 0.15) is 5.82 Å². The fourth-order valence-electron chi connectivity index (χ4n) is 2.15. The number of carbonyl (C=O) groups is 1. The van der Waals surface area contributed by atoms with Crippen LogP contribution in [0.4, 0.5) is 10.1 Å². The molecule has 5 nitrogen and oxygen atoms in total. The van der Waals surface area contributed by atoms with E-state index in [4.69, 9.17) is 16.7 Å². The highest BCUT2D eigenvalue weighted by molar-refractivity contribution is 7.89. The highest BCUT2D eigenvalue weighted by Gasteiger charge is 2.33. The van der Waals surface area contributed by atoms with Crippen molar-refractivity contribution in [1.82, 2.24) is 0 Å². The number of rotatable bonds is 3. The number of anilines is 1. The van der Waals surface area contributed by atoms with E-state index in [2.05, 4.69) is 0 Å². The third kappa shape index (κ3) is 3.43. The summed E-state index contributed by atoms with van der Waals surface area (Å²) in [5.41, 5.74) is 0.380. The largest absolute Gasteiger partial charge is 0.311 e. The maximum atomic E-state index is 12.9. The second kappa shape index (κ2) is 5.07. The molecule has 0 bridgehead atoms. The molecule has 1 atom stereocenters. The van der Waals surface area contributed by atoms with Crippen LogP contribution in [0.15, 0.2) is 18.2 Å². The lowest BCUT2D eigenvalue weighted by Gasteiger charge is -2.18. The Hall–Kier alpha value is -1.18. The number of carbonyl (C=O) groups excluding carboxylic acids is 1. The first-order valence-electron chi connectivity index (χ1n) is 5.52. The fourth-order valence-corrected chi connectivity index (χ4v) is 3.30. The van der Waals surface area contributed by atoms with Gasteiger partial charge in [-0.1, -0.05) is 11.6 Å². The van der Waals surface area contributed by atoms with Crippen LogP contribution in [0.2, 0.25) is 5.02 Å². The number of primary sulfonamides is 1. The predicted molar refractivity (Wildman–Crippen MR) is 69.8 cm³/mol. The van der Waals surface area contributed by atoms with Gasteiger partial charge >= 0.3 is 0 Å². The third-order valence-corrected chi connectivity index (χ3v) is 4.11. The highest BCUT2D eigenvalue weighted by atomic mass is 35.5. The van der Waals surface area contributed by atoms with Gasteiger partial charge in [0.05, 0.1) is 16.5 Å². The summed E-state index contributed by atoms with van der Waals surface area (Å²) in [6, 6.07) is 3.70. The van der Waals surface area contributed by atoms with E-state index in [1.54, 1.807) is 0 Å². The van der Waals surface area contributed by atoms with Gasteiger partial charge in [0.15, 0.2) is 0 Å². The Bertz CT molecular complexity index is 620. The number of benzene rings is 1. The number of amides is 1. The Kier molecular flexibility index (Phi) is 3.80. The number of sulfonamides is 1. The van der Waals surface area contributed by atoms with Crippen LogP contribution in [0, 0.1) is 11.7 Å². The minimum Gasteiger partial charge on any atom is -0.311 e. The summed E-state index contributed by atoms with van der Waals surface area (Å²) < 4.78 is 35.0. The molecule has 1 aromatic rings. The summed E-state index contributed by atoms with van der Waals surface area (Å²) >= 11 is 5.88. The molecule has 2 rings (SSSR count). The van der Waals surface area contributed by atoms with Gasteiger partial charge in [-0.25, -0.2) is 17.9 Å². The molecule has 19 heavy (non-hydrogen) atoms. The molecule has 1 aromatic carbocycles. The monoisotopic (exact) mass is 306 g/mol. The van der Waals surface area contributed by atoms with Crippen molar-refractivity contribution >= 4 is 33.2 Å². The van der Waals surface area contributed by atoms with Crippen molar-refractivity contribution in [2.75, 3.05) is 17.2 Å². The Morgan fingerprint density at radius 1 is 1.47 bits per heavy atom. The lowest BCUT2D eigenvalue weighted by atomic mass is 10.1. The molecular formula is C11H12ClFN2O3S. The van der Waals surface area contributed by atoms with Gasteiger partial charge < -0.3 is 4.90 Å². The van der Waals surface area contributed by atoms with Gasteiger partial charge in [-0.3, -0.25) is 4.79 Å². The molecule has 2 N–H and O–H groups in total.